The van der Waals surface area contributed by atoms with Crippen molar-refractivity contribution in [1.82, 2.24) is 14.9 Å². The number of carbonyl (C=O) groups is 1. The van der Waals surface area contributed by atoms with Crippen molar-refractivity contribution in [2.24, 2.45) is 0 Å². The average molecular weight is 380 g/mol. The number of carbonyl (C=O) groups excluding carboxylic acids is 1. The molecule has 1 atom stereocenters. The maximum atomic E-state index is 13.6. The molecule has 0 radical (unpaired) electrons. The van der Waals surface area contributed by atoms with Crippen LogP contribution in [-0.4, -0.2) is 47.0 Å². The largest absolute Gasteiger partial charge is 0.476 e. The van der Waals surface area contributed by atoms with Gasteiger partial charge in [0.15, 0.2) is 0 Å². The molecule has 1 aliphatic heterocycles. The number of aromatic amines is 1. The van der Waals surface area contributed by atoms with Crippen molar-refractivity contribution >= 4 is 11.9 Å². The van der Waals surface area contributed by atoms with Crippen LogP contribution in [0.3, 0.4) is 0 Å². The molecule has 3 aromatic rings. The third kappa shape index (κ3) is 3.98. The zero-order chi connectivity index (χ0) is 19.3. The molecular formula is C21H21FN4O2. The number of hydrogen-bond donors (Lipinski definition) is 1. The van der Waals surface area contributed by atoms with E-state index in [9.17, 15) is 9.18 Å². The molecule has 0 saturated carbocycles. The lowest BCUT2D eigenvalue weighted by Crippen LogP contribution is -2.51. The second-order valence-electron chi connectivity index (χ2n) is 6.59. The van der Waals surface area contributed by atoms with Crippen molar-refractivity contribution in [1.29, 1.82) is 0 Å². The fourth-order valence-electron chi connectivity index (χ4n) is 3.30. The first kappa shape index (κ1) is 18.0. The molecule has 144 valence electrons. The van der Waals surface area contributed by atoms with Gasteiger partial charge in [0, 0.05) is 50.2 Å². The number of aromatic nitrogens is 2. The number of rotatable bonds is 5. The van der Waals surface area contributed by atoms with Crippen LogP contribution in [0.1, 0.15) is 11.7 Å². The quantitative estimate of drug-likeness (QED) is 0.739. The highest BCUT2D eigenvalue weighted by atomic mass is 19.1. The van der Waals surface area contributed by atoms with Crippen LogP contribution in [0.15, 0.2) is 67.0 Å². The van der Waals surface area contributed by atoms with Gasteiger partial charge in [0.05, 0.1) is 0 Å². The van der Waals surface area contributed by atoms with Crippen LogP contribution >= 0.6 is 0 Å². The third-order valence-electron chi connectivity index (χ3n) is 4.75. The van der Waals surface area contributed by atoms with E-state index >= 15 is 0 Å². The summed E-state index contributed by atoms with van der Waals surface area (Å²) < 4.78 is 19.5. The summed E-state index contributed by atoms with van der Waals surface area (Å²) in [6, 6.07) is 15.2. The first-order valence-corrected chi connectivity index (χ1v) is 9.21. The number of imidazole rings is 1. The molecule has 2 aromatic carbocycles. The molecule has 1 saturated heterocycles. The van der Waals surface area contributed by atoms with E-state index in [0.717, 1.165) is 11.5 Å². The van der Waals surface area contributed by atoms with Gasteiger partial charge in [0.25, 0.3) is 5.91 Å². The summed E-state index contributed by atoms with van der Waals surface area (Å²) in [6.45, 7) is 2.49. The zero-order valence-electron chi connectivity index (χ0n) is 15.3. The lowest BCUT2D eigenvalue weighted by atomic mass is 10.1. The predicted octanol–water partition coefficient (Wildman–Crippen LogP) is 3.02. The Hall–Kier alpha value is -3.35. The van der Waals surface area contributed by atoms with Crippen LogP contribution < -0.4 is 9.64 Å². The number of ether oxygens (including phenoxy) is 1. The van der Waals surface area contributed by atoms with E-state index in [4.69, 9.17) is 4.74 Å². The topological polar surface area (TPSA) is 61.5 Å². The van der Waals surface area contributed by atoms with Crippen LogP contribution in [0, 0.1) is 5.82 Å². The number of piperazine rings is 1. The molecule has 0 spiro atoms. The van der Waals surface area contributed by atoms with Crippen molar-refractivity contribution in [2.75, 3.05) is 31.1 Å². The first-order valence-electron chi connectivity index (χ1n) is 9.21. The van der Waals surface area contributed by atoms with Crippen LogP contribution in [0.2, 0.25) is 0 Å². The number of H-pyrrole nitrogens is 1. The van der Waals surface area contributed by atoms with E-state index in [2.05, 4.69) is 14.9 Å². The Bertz CT molecular complexity index is 909. The molecule has 0 aliphatic carbocycles. The van der Waals surface area contributed by atoms with E-state index in [1.807, 2.05) is 30.3 Å². The highest BCUT2D eigenvalue weighted by Crippen LogP contribution is 2.25. The van der Waals surface area contributed by atoms with Gasteiger partial charge in [-0.3, -0.25) is 4.79 Å². The predicted molar refractivity (Wildman–Crippen MR) is 104 cm³/mol. The number of nitrogens with one attached hydrogen (secondary N) is 1. The van der Waals surface area contributed by atoms with Crippen molar-refractivity contribution in [3.05, 3.63) is 78.4 Å². The van der Waals surface area contributed by atoms with Crippen LogP contribution in [0.25, 0.3) is 0 Å². The van der Waals surface area contributed by atoms with E-state index in [1.165, 1.54) is 12.1 Å². The SMILES string of the molecule is O=C(C(Oc1cccc(F)c1)c1ccccc1)N1CCN(c2ncc[nH]2)CC1. The average Bonchev–Trinajstić information content (AvgIpc) is 3.27. The zero-order valence-corrected chi connectivity index (χ0v) is 15.3. The molecule has 1 amide bonds. The number of amides is 1. The summed E-state index contributed by atoms with van der Waals surface area (Å²) in [6.07, 6.45) is 2.68. The molecule has 4 rings (SSSR count). The maximum Gasteiger partial charge on any atom is 0.268 e. The summed E-state index contributed by atoms with van der Waals surface area (Å²) in [4.78, 5) is 24.5. The molecule has 1 unspecified atom stereocenters. The normalized spacial score (nSPS) is 15.3. The minimum atomic E-state index is -0.821. The molecule has 6 nitrogen and oxygen atoms in total. The summed E-state index contributed by atoms with van der Waals surface area (Å²) in [7, 11) is 0. The smallest absolute Gasteiger partial charge is 0.268 e. The van der Waals surface area contributed by atoms with Gasteiger partial charge in [0.1, 0.15) is 11.6 Å². The third-order valence-corrected chi connectivity index (χ3v) is 4.75. The van der Waals surface area contributed by atoms with Crippen LogP contribution in [0.5, 0.6) is 5.75 Å². The van der Waals surface area contributed by atoms with E-state index in [1.54, 1.807) is 29.4 Å². The molecule has 1 fully saturated rings. The van der Waals surface area contributed by atoms with Gasteiger partial charge >= 0.3 is 0 Å². The second-order valence-corrected chi connectivity index (χ2v) is 6.59. The van der Waals surface area contributed by atoms with Gasteiger partial charge < -0.3 is 19.5 Å². The Morgan fingerprint density at radius 1 is 1.07 bits per heavy atom. The molecule has 0 bridgehead atoms. The first-order chi connectivity index (χ1) is 13.7. The van der Waals surface area contributed by atoms with Crippen molar-refractivity contribution in [3.8, 4) is 5.75 Å². The molecule has 2 heterocycles. The van der Waals surface area contributed by atoms with E-state index < -0.39 is 11.9 Å². The Morgan fingerprint density at radius 2 is 1.86 bits per heavy atom. The van der Waals surface area contributed by atoms with Gasteiger partial charge in [-0.05, 0) is 12.1 Å². The molecular weight excluding hydrogens is 359 g/mol. The monoisotopic (exact) mass is 380 g/mol. The second kappa shape index (κ2) is 8.12. The van der Waals surface area contributed by atoms with Crippen molar-refractivity contribution in [3.63, 3.8) is 0 Å². The molecule has 7 heteroatoms. The number of hydrogen-bond acceptors (Lipinski definition) is 4. The Morgan fingerprint density at radius 3 is 2.54 bits per heavy atom. The highest BCUT2D eigenvalue weighted by molar-refractivity contribution is 5.83. The van der Waals surface area contributed by atoms with Gasteiger partial charge in [-0.2, -0.15) is 0 Å². The lowest BCUT2D eigenvalue weighted by molar-refractivity contribution is -0.139. The fourth-order valence-corrected chi connectivity index (χ4v) is 3.30. The van der Waals surface area contributed by atoms with Crippen LogP contribution in [-0.2, 0) is 4.79 Å². The van der Waals surface area contributed by atoms with E-state index in [0.29, 0.717) is 31.9 Å². The van der Waals surface area contributed by atoms with Crippen molar-refractivity contribution in [2.45, 2.75) is 6.10 Å². The molecule has 1 aromatic heterocycles. The number of benzene rings is 2. The maximum absolute atomic E-state index is 13.6. The Labute approximate surface area is 162 Å². The van der Waals surface area contributed by atoms with Crippen LogP contribution in [0.4, 0.5) is 10.3 Å². The number of nitrogens with zero attached hydrogens (tertiary/aromatic N) is 3. The van der Waals surface area contributed by atoms with Gasteiger partial charge in [-0.1, -0.05) is 36.4 Å². The summed E-state index contributed by atoms with van der Waals surface area (Å²) >= 11 is 0. The fraction of sp³-hybridized carbons (Fsp3) is 0.238. The standard InChI is InChI=1S/C21H21FN4O2/c22-17-7-4-8-18(15-17)28-19(16-5-2-1-3-6-16)20(27)25-11-13-26(14-12-25)21-23-9-10-24-21/h1-10,15,19H,11-14H2,(H,23,24). The summed E-state index contributed by atoms with van der Waals surface area (Å²) in [5.41, 5.74) is 0.741. The molecule has 1 aliphatic rings. The number of halogens is 1. The minimum absolute atomic E-state index is 0.130. The molecule has 28 heavy (non-hydrogen) atoms. The summed E-state index contributed by atoms with van der Waals surface area (Å²) in [5, 5.41) is 0. The van der Waals surface area contributed by atoms with Crippen molar-refractivity contribution < 1.29 is 13.9 Å². The summed E-state index contributed by atoms with van der Waals surface area (Å²) in [5.74, 6) is 0.609. The Kier molecular flexibility index (Phi) is 5.23. The van der Waals surface area contributed by atoms with Gasteiger partial charge in [0.2, 0.25) is 12.1 Å². The van der Waals surface area contributed by atoms with E-state index in [-0.39, 0.29) is 5.91 Å². The highest BCUT2D eigenvalue weighted by Gasteiger charge is 2.30. The minimum Gasteiger partial charge on any atom is -0.476 e. The lowest BCUT2D eigenvalue weighted by Gasteiger charge is -2.36. The van der Waals surface area contributed by atoms with Gasteiger partial charge in [-0.25, -0.2) is 9.37 Å². The Balaban J connectivity index is 1.50. The number of anilines is 1. The molecule has 1 N–H and O–H groups in total. The van der Waals surface area contributed by atoms with Gasteiger partial charge in [-0.15, -0.1) is 0 Å².